The topological polar surface area (TPSA) is 57.6 Å². The molecular formula is C16H23N2O2+. The number of ether oxygens (including phenoxy) is 1. The molecule has 20 heavy (non-hydrogen) atoms. The molecule has 1 N–H and O–H groups in total. The Hall–Kier alpha value is -2.02. The van der Waals surface area contributed by atoms with Crippen LogP contribution in [0.25, 0.3) is 4.98 Å². The molecule has 1 aromatic carbocycles. The van der Waals surface area contributed by atoms with Gasteiger partial charge in [0.2, 0.25) is 5.39 Å². The van der Waals surface area contributed by atoms with Crippen LogP contribution in [-0.2, 0) is 0 Å². The Morgan fingerprint density at radius 3 is 2.25 bits per heavy atom. The Balaban J connectivity index is 3.11. The Morgan fingerprint density at radius 2 is 1.85 bits per heavy atom. The van der Waals surface area contributed by atoms with E-state index in [1.165, 1.54) is 0 Å². The normalized spacial score (nSPS) is 14.2. The predicted octanol–water partition coefficient (Wildman–Crippen LogP) is 4.86. The highest BCUT2D eigenvalue weighted by Gasteiger charge is 2.29. The molecule has 0 aliphatic carbocycles. The van der Waals surface area contributed by atoms with Crippen molar-refractivity contribution in [3.8, 4) is 5.75 Å². The molecular weight excluding hydrogens is 252 g/mol. The van der Waals surface area contributed by atoms with Crippen LogP contribution in [0.1, 0.15) is 45.6 Å². The number of nitrogens with zero attached hydrogens (tertiary/aromatic N) is 2. The van der Waals surface area contributed by atoms with Gasteiger partial charge in [0.05, 0.1) is 7.11 Å². The summed E-state index contributed by atoms with van der Waals surface area (Å²) in [5.74, 6) is 1.04. The molecule has 0 bridgehead atoms. The van der Waals surface area contributed by atoms with Crippen LogP contribution in [0.3, 0.4) is 0 Å². The number of aliphatic hydroxyl groups is 1. The standard InChI is InChI=1S/C16H22N2O2/c1-11(18-17)15(19)10-14(16(2,3)4)12-6-8-13(20-5)9-7-12/h6-9,14H,10H2,1-5H3/p+1/b15-11+. The van der Waals surface area contributed by atoms with E-state index in [-0.39, 0.29) is 22.8 Å². The molecule has 1 unspecified atom stereocenters. The highest BCUT2D eigenvalue weighted by atomic mass is 16.5. The first kappa shape index (κ1) is 16.0. The van der Waals surface area contributed by atoms with Gasteiger partial charge in [-0.25, -0.2) is 0 Å². The minimum absolute atomic E-state index is 0.0295. The number of aliphatic hydroxyl groups excluding tert-OH is 1. The van der Waals surface area contributed by atoms with Crippen molar-refractivity contribution >= 4 is 0 Å². The van der Waals surface area contributed by atoms with Crippen molar-refractivity contribution in [2.75, 3.05) is 7.11 Å². The van der Waals surface area contributed by atoms with E-state index in [1.54, 1.807) is 14.0 Å². The summed E-state index contributed by atoms with van der Waals surface area (Å²) in [6, 6.07) is 7.84. The Bertz CT molecular complexity index is 519. The highest BCUT2D eigenvalue weighted by molar-refractivity contribution is 5.31. The van der Waals surface area contributed by atoms with Crippen molar-refractivity contribution in [2.45, 2.75) is 40.0 Å². The maximum Gasteiger partial charge on any atom is 0.395 e. The summed E-state index contributed by atoms with van der Waals surface area (Å²) in [6.07, 6.45) is 0.436. The molecule has 0 saturated carbocycles. The molecule has 108 valence electrons. The number of diazo groups is 1. The molecule has 0 aliphatic rings. The summed E-state index contributed by atoms with van der Waals surface area (Å²) in [6.45, 7) is 7.96. The Morgan fingerprint density at radius 1 is 1.30 bits per heavy atom. The van der Waals surface area contributed by atoms with Crippen LogP contribution in [0.15, 0.2) is 35.7 Å². The molecule has 1 aromatic rings. The number of methoxy groups -OCH3 is 1. The molecule has 0 amide bonds. The van der Waals surface area contributed by atoms with Crippen LogP contribution in [0, 0.1) is 10.8 Å². The summed E-state index contributed by atoms with van der Waals surface area (Å²) in [5.41, 5.74) is 1.35. The van der Waals surface area contributed by atoms with Gasteiger partial charge in [-0.3, -0.25) is 0 Å². The van der Waals surface area contributed by atoms with Gasteiger partial charge in [0.1, 0.15) is 5.75 Å². The van der Waals surface area contributed by atoms with E-state index in [9.17, 15) is 5.11 Å². The second-order valence-electron chi connectivity index (χ2n) is 6.03. The van der Waals surface area contributed by atoms with Gasteiger partial charge in [-0.1, -0.05) is 32.9 Å². The van der Waals surface area contributed by atoms with Crippen molar-refractivity contribution in [2.24, 2.45) is 5.41 Å². The van der Waals surface area contributed by atoms with Crippen molar-refractivity contribution < 1.29 is 9.84 Å². The molecule has 1 atom stereocenters. The van der Waals surface area contributed by atoms with Gasteiger partial charge in [-0.2, -0.15) is 0 Å². The SMILES string of the molecule is COc1ccc(C(C/C(O)=C(/C)[N+]#N)C(C)(C)C)cc1. The molecule has 0 aromatic heterocycles. The zero-order chi connectivity index (χ0) is 15.3. The average Bonchev–Trinajstić information content (AvgIpc) is 2.42. The zero-order valence-corrected chi connectivity index (χ0v) is 12.8. The van der Waals surface area contributed by atoms with Crippen molar-refractivity contribution in [1.29, 1.82) is 5.39 Å². The second-order valence-corrected chi connectivity index (χ2v) is 6.03. The second kappa shape index (κ2) is 6.42. The fourth-order valence-electron chi connectivity index (χ4n) is 2.16. The largest absolute Gasteiger partial charge is 0.505 e. The first-order valence-electron chi connectivity index (χ1n) is 6.67. The van der Waals surface area contributed by atoms with Gasteiger partial charge in [0, 0.05) is 13.3 Å². The van der Waals surface area contributed by atoms with Crippen LogP contribution in [-0.4, -0.2) is 12.2 Å². The van der Waals surface area contributed by atoms with Gasteiger partial charge in [0.25, 0.3) is 0 Å². The van der Waals surface area contributed by atoms with E-state index in [2.05, 4.69) is 25.7 Å². The third-order valence-corrected chi connectivity index (χ3v) is 3.53. The highest BCUT2D eigenvalue weighted by Crippen LogP contribution is 2.40. The third kappa shape index (κ3) is 3.99. The van der Waals surface area contributed by atoms with E-state index in [0.717, 1.165) is 11.3 Å². The first-order valence-corrected chi connectivity index (χ1v) is 6.67. The zero-order valence-electron chi connectivity index (χ0n) is 12.8. The van der Waals surface area contributed by atoms with Gasteiger partial charge < -0.3 is 9.84 Å². The van der Waals surface area contributed by atoms with Gasteiger partial charge >= 0.3 is 5.70 Å². The van der Waals surface area contributed by atoms with E-state index < -0.39 is 0 Å². The average molecular weight is 275 g/mol. The van der Waals surface area contributed by atoms with Crippen molar-refractivity contribution in [3.63, 3.8) is 0 Å². The minimum atomic E-state index is -0.0295. The van der Waals surface area contributed by atoms with Gasteiger partial charge in [0.15, 0.2) is 10.7 Å². The quantitative estimate of drug-likeness (QED) is 0.630. The molecule has 4 heteroatoms. The summed E-state index contributed by atoms with van der Waals surface area (Å²) in [4.78, 5) is 3.05. The molecule has 1 rings (SSSR count). The summed E-state index contributed by atoms with van der Waals surface area (Å²) >= 11 is 0. The monoisotopic (exact) mass is 275 g/mol. The fourth-order valence-corrected chi connectivity index (χ4v) is 2.16. The predicted molar refractivity (Wildman–Crippen MR) is 80.2 cm³/mol. The molecule has 0 saturated heterocycles. The maximum absolute atomic E-state index is 10.0. The summed E-state index contributed by atoms with van der Waals surface area (Å²) < 4.78 is 5.16. The number of benzene rings is 1. The van der Waals surface area contributed by atoms with Crippen LogP contribution >= 0.6 is 0 Å². The van der Waals surface area contributed by atoms with E-state index in [4.69, 9.17) is 10.1 Å². The van der Waals surface area contributed by atoms with Crippen molar-refractivity contribution in [1.82, 2.24) is 0 Å². The molecule has 0 heterocycles. The van der Waals surface area contributed by atoms with Crippen molar-refractivity contribution in [3.05, 3.63) is 46.3 Å². The lowest BCUT2D eigenvalue weighted by atomic mass is 9.74. The number of hydrogen-bond acceptors (Lipinski definition) is 3. The number of rotatable bonds is 4. The molecule has 0 radical (unpaired) electrons. The molecule has 4 nitrogen and oxygen atoms in total. The third-order valence-electron chi connectivity index (χ3n) is 3.53. The Kier molecular flexibility index (Phi) is 5.15. The summed E-state index contributed by atoms with van der Waals surface area (Å²) in [7, 11) is 1.64. The molecule has 0 fully saturated rings. The fraction of sp³-hybridized carbons (Fsp3) is 0.500. The van der Waals surface area contributed by atoms with Gasteiger partial charge in [-0.15, -0.1) is 0 Å². The lowest BCUT2D eigenvalue weighted by Crippen LogP contribution is -2.19. The van der Waals surface area contributed by atoms with Gasteiger partial charge in [-0.05, 0) is 29.0 Å². The molecule has 0 aliphatic heterocycles. The van der Waals surface area contributed by atoms with Crippen LogP contribution in [0.2, 0.25) is 0 Å². The minimum Gasteiger partial charge on any atom is -0.505 e. The smallest absolute Gasteiger partial charge is 0.395 e. The number of hydrogen-bond donors (Lipinski definition) is 1. The van der Waals surface area contributed by atoms with Crippen LogP contribution in [0.5, 0.6) is 5.75 Å². The van der Waals surface area contributed by atoms with Crippen LogP contribution in [0.4, 0.5) is 0 Å². The van der Waals surface area contributed by atoms with Crippen LogP contribution < -0.4 is 4.74 Å². The first-order chi connectivity index (χ1) is 9.29. The molecule has 0 spiro atoms. The number of allylic oxidation sites excluding steroid dienone is 2. The Labute approximate surface area is 120 Å². The maximum atomic E-state index is 10.0. The lowest BCUT2D eigenvalue weighted by molar-refractivity contribution is 0.276. The summed E-state index contributed by atoms with van der Waals surface area (Å²) in [5, 5.41) is 18.8. The van der Waals surface area contributed by atoms with E-state index in [1.807, 2.05) is 24.3 Å². The lowest BCUT2D eigenvalue weighted by Gasteiger charge is -2.30. The van der Waals surface area contributed by atoms with E-state index >= 15 is 0 Å². The van der Waals surface area contributed by atoms with E-state index in [0.29, 0.717) is 6.42 Å².